The minimum atomic E-state index is -0.586. The summed E-state index contributed by atoms with van der Waals surface area (Å²) in [5.74, 6) is 0.211. The fraction of sp³-hybridized carbons (Fsp3) is 0.263. The largest absolute Gasteiger partial charge is 0.507 e. The quantitative estimate of drug-likeness (QED) is 0.440. The lowest BCUT2D eigenvalue weighted by Gasteiger charge is -2.14. The van der Waals surface area contributed by atoms with Crippen molar-refractivity contribution in [3.8, 4) is 11.5 Å². The highest BCUT2D eigenvalue weighted by Gasteiger charge is 2.11. The van der Waals surface area contributed by atoms with Gasteiger partial charge in [-0.2, -0.15) is 5.10 Å². The molecule has 8 heteroatoms. The number of benzene rings is 2. The number of hydrazone groups is 1. The van der Waals surface area contributed by atoms with E-state index < -0.39 is 10.8 Å². The van der Waals surface area contributed by atoms with E-state index in [1.807, 2.05) is 39.0 Å². The first kappa shape index (κ1) is 19.9. The average molecular weight is 371 g/mol. The van der Waals surface area contributed by atoms with Gasteiger partial charge in [0.2, 0.25) is 0 Å². The number of ether oxygens (including phenoxy) is 1. The van der Waals surface area contributed by atoms with Crippen LogP contribution in [0.4, 0.5) is 5.69 Å². The van der Waals surface area contributed by atoms with Crippen molar-refractivity contribution in [1.82, 2.24) is 5.43 Å². The van der Waals surface area contributed by atoms with Crippen molar-refractivity contribution >= 4 is 17.8 Å². The van der Waals surface area contributed by atoms with Crippen LogP contribution in [0, 0.1) is 17.0 Å². The second kappa shape index (κ2) is 8.79. The first-order valence-electron chi connectivity index (χ1n) is 8.30. The summed E-state index contributed by atoms with van der Waals surface area (Å²) in [6.07, 6.45) is 1.13. The molecule has 0 saturated carbocycles. The van der Waals surface area contributed by atoms with Gasteiger partial charge in [0.1, 0.15) is 11.5 Å². The van der Waals surface area contributed by atoms with Gasteiger partial charge in [-0.25, -0.2) is 5.43 Å². The number of hydrogen-bond donors (Lipinski definition) is 2. The van der Waals surface area contributed by atoms with Gasteiger partial charge in [0.15, 0.2) is 6.61 Å². The Balaban J connectivity index is 1.98. The highest BCUT2D eigenvalue weighted by molar-refractivity contribution is 5.86. The summed E-state index contributed by atoms with van der Waals surface area (Å²) in [5, 5.41) is 24.2. The van der Waals surface area contributed by atoms with Gasteiger partial charge in [0.05, 0.1) is 11.1 Å². The van der Waals surface area contributed by atoms with Crippen LogP contribution in [0.3, 0.4) is 0 Å². The number of rotatable bonds is 7. The number of non-ortho nitro benzene ring substituents is 1. The summed E-state index contributed by atoms with van der Waals surface area (Å²) in [6.45, 7) is 5.77. The van der Waals surface area contributed by atoms with E-state index >= 15 is 0 Å². The molecule has 0 aromatic heterocycles. The highest BCUT2D eigenvalue weighted by atomic mass is 16.6. The standard InChI is InChI=1S/C19H21N3O5/c1-12(2)16-6-4-13(3)8-18(16)27-11-19(24)21-20-10-14-9-15(22(25)26)5-7-17(14)23/h4-10,12,23H,11H2,1-3H3,(H,21,24)/b20-10+. The molecule has 27 heavy (non-hydrogen) atoms. The molecule has 0 saturated heterocycles. The number of aryl methyl sites for hydroxylation is 1. The molecule has 0 unspecified atom stereocenters. The molecular formula is C19H21N3O5. The van der Waals surface area contributed by atoms with Crippen molar-refractivity contribution in [2.45, 2.75) is 26.7 Å². The Morgan fingerprint density at radius 3 is 2.74 bits per heavy atom. The number of nitro groups is 1. The van der Waals surface area contributed by atoms with Crippen molar-refractivity contribution in [1.29, 1.82) is 0 Å². The van der Waals surface area contributed by atoms with Crippen LogP contribution in [-0.2, 0) is 4.79 Å². The number of phenols is 1. The van der Waals surface area contributed by atoms with E-state index in [2.05, 4.69) is 10.5 Å². The number of aromatic hydroxyl groups is 1. The summed E-state index contributed by atoms with van der Waals surface area (Å²) in [4.78, 5) is 22.1. The number of phenolic OH excluding ortho intramolecular Hbond substituents is 1. The number of hydrogen-bond acceptors (Lipinski definition) is 6. The highest BCUT2D eigenvalue weighted by Crippen LogP contribution is 2.27. The molecule has 0 fully saturated rings. The molecule has 1 amide bonds. The van der Waals surface area contributed by atoms with Crippen LogP contribution in [0.5, 0.6) is 11.5 Å². The molecule has 0 atom stereocenters. The summed E-state index contributed by atoms with van der Waals surface area (Å²) < 4.78 is 5.59. The normalized spacial score (nSPS) is 11.0. The number of nitrogens with one attached hydrogen (secondary N) is 1. The predicted molar refractivity (Wildman–Crippen MR) is 101 cm³/mol. The van der Waals surface area contributed by atoms with Gasteiger partial charge in [0.25, 0.3) is 11.6 Å². The molecule has 2 rings (SSSR count). The summed E-state index contributed by atoms with van der Waals surface area (Å²) in [7, 11) is 0. The van der Waals surface area contributed by atoms with Gasteiger partial charge in [-0.15, -0.1) is 0 Å². The number of amides is 1. The van der Waals surface area contributed by atoms with Gasteiger partial charge in [-0.05, 0) is 36.1 Å². The smallest absolute Gasteiger partial charge is 0.277 e. The fourth-order valence-electron chi connectivity index (χ4n) is 2.35. The zero-order valence-electron chi connectivity index (χ0n) is 15.3. The van der Waals surface area contributed by atoms with Gasteiger partial charge < -0.3 is 9.84 Å². The van der Waals surface area contributed by atoms with Crippen LogP contribution in [0.15, 0.2) is 41.5 Å². The van der Waals surface area contributed by atoms with Crippen molar-refractivity contribution in [3.05, 3.63) is 63.2 Å². The van der Waals surface area contributed by atoms with Crippen LogP contribution < -0.4 is 10.2 Å². The van der Waals surface area contributed by atoms with Gasteiger partial charge >= 0.3 is 0 Å². The minimum Gasteiger partial charge on any atom is -0.507 e. The Morgan fingerprint density at radius 1 is 1.33 bits per heavy atom. The Bertz CT molecular complexity index is 878. The van der Waals surface area contributed by atoms with Crippen molar-refractivity contribution in [2.24, 2.45) is 5.10 Å². The van der Waals surface area contributed by atoms with E-state index in [1.165, 1.54) is 12.1 Å². The second-order valence-corrected chi connectivity index (χ2v) is 6.28. The zero-order valence-corrected chi connectivity index (χ0v) is 15.3. The Morgan fingerprint density at radius 2 is 2.07 bits per heavy atom. The molecule has 0 aliphatic heterocycles. The van der Waals surface area contributed by atoms with Crippen LogP contribution in [0.25, 0.3) is 0 Å². The van der Waals surface area contributed by atoms with Crippen LogP contribution in [0.2, 0.25) is 0 Å². The molecule has 2 N–H and O–H groups in total. The molecule has 0 spiro atoms. The molecule has 0 aliphatic carbocycles. The maximum Gasteiger partial charge on any atom is 0.277 e. The molecule has 2 aromatic carbocycles. The van der Waals surface area contributed by atoms with Crippen molar-refractivity contribution < 1.29 is 19.6 Å². The van der Waals surface area contributed by atoms with Gasteiger partial charge in [-0.3, -0.25) is 14.9 Å². The topological polar surface area (TPSA) is 114 Å². The van der Waals surface area contributed by atoms with E-state index in [1.54, 1.807) is 0 Å². The van der Waals surface area contributed by atoms with Crippen LogP contribution in [0.1, 0.15) is 36.5 Å². The van der Waals surface area contributed by atoms with E-state index in [-0.39, 0.29) is 29.5 Å². The monoisotopic (exact) mass is 371 g/mol. The first-order chi connectivity index (χ1) is 12.8. The Hall–Kier alpha value is -3.42. The summed E-state index contributed by atoms with van der Waals surface area (Å²) in [5.41, 5.74) is 4.21. The first-order valence-corrected chi connectivity index (χ1v) is 8.30. The van der Waals surface area contributed by atoms with E-state index in [0.29, 0.717) is 5.75 Å². The van der Waals surface area contributed by atoms with Gasteiger partial charge in [-0.1, -0.05) is 26.0 Å². The van der Waals surface area contributed by atoms with E-state index in [4.69, 9.17) is 4.74 Å². The molecule has 0 heterocycles. The molecular weight excluding hydrogens is 350 g/mol. The van der Waals surface area contributed by atoms with E-state index in [0.717, 1.165) is 23.4 Å². The number of carbonyl (C=O) groups excluding carboxylic acids is 1. The van der Waals surface area contributed by atoms with Crippen molar-refractivity contribution in [3.63, 3.8) is 0 Å². The predicted octanol–water partition coefficient (Wildman–Crippen LogP) is 3.26. The SMILES string of the molecule is Cc1ccc(C(C)C)c(OCC(=O)N/N=C/c2cc([N+](=O)[O-])ccc2O)c1. The third kappa shape index (κ3) is 5.53. The maximum absolute atomic E-state index is 11.9. The maximum atomic E-state index is 11.9. The lowest BCUT2D eigenvalue weighted by molar-refractivity contribution is -0.384. The minimum absolute atomic E-state index is 0.117. The zero-order chi connectivity index (χ0) is 20.0. The second-order valence-electron chi connectivity index (χ2n) is 6.28. The Labute approximate surface area is 156 Å². The molecule has 0 aliphatic rings. The molecule has 0 bridgehead atoms. The number of nitro benzene ring substituents is 1. The van der Waals surface area contributed by atoms with E-state index in [9.17, 15) is 20.0 Å². The van der Waals surface area contributed by atoms with Crippen LogP contribution >= 0.6 is 0 Å². The lowest BCUT2D eigenvalue weighted by atomic mass is 10.0. The third-order valence-corrected chi connectivity index (χ3v) is 3.76. The number of nitrogens with zero attached hydrogens (tertiary/aromatic N) is 2. The fourth-order valence-corrected chi connectivity index (χ4v) is 2.35. The average Bonchev–Trinajstić information content (AvgIpc) is 2.61. The molecule has 2 aromatic rings. The third-order valence-electron chi connectivity index (χ3n) is 3.76. The molecule has 8 nitrogen and oxygen atoms in total. The number of carbonyl (C=O) groups is 1. The molecule has 0 radical (unpaired) electrons. The van der Waals surface area contributed by atoms with Crippen LogP contribution in [-0.4, -0.2) is 28.8 Å². The Kier molecular flexibility index (Phi) is 6.48. The van der Waals surface area contributed by atoms with Crippen molar-refractivity contribution in [2.75, 3.05) is 6.61 Å². The van der Waals surface area contributed by atoms with Gasteiger partial charge in [0, 0.05) is 17.7 Å². The summed E-state index contributed by atoms with van der Waals surface area (Å²) >= 11 is 0. The lowest BCUT2D eigenvalue weighted by Crippen LogP contribution is -2.25. The summed E-state index contributed by atoms with van der Waals surface area (Å²) in [6, 6.07) is 9.34. The molecule has 142 valence electrons.